The van der Waals surface area contributed by atoms with Gasteiger partial charge in [0.25, 0.3) is 5.56 Å². The molecule has 24 heavy (non-hydrogen) atoms. The molecular weight excluding hydrogens is 320 g/mol. The van der Waals surface area contributed by atoms with Crippen LogP contribution in [0.2, 0.25) is 0 Å². The van der Waals surface area contributed by atoms with Crippen molar-refractivity contribution in [1.29, 1.82) is 0 Å². The monoisotopic (exact) mass is 334 g/mol. The summed E-state index contributed by atoms with van der Waals surface area (Å²) in [6, 6.07) is 4.77. The molecule has 0 unspecified atom stereocenters. The summed E-state index contributed by atoms with van der Waals surface area (Å²) in [5.41, 5.74) is 5.40. The van der Waals surface area contributed by atoms with Crippen LogP contribution in [0.3, 0.4) is 0 Å². The summed E-state index contributed by atoms with van der Waals surface area (Å²) in [5.74, 6) is -0.425. The molecule has 1 aromatic heterocycles. The van der Waals surface area contributed by atoms with Gasteiger partial charge < -0.3 is 19.9 Å². The van der Waals surface area contributed by atoms with Gasteiger partial charge in [0.15, 0.2) is 11.5 Å². The minimum atomic E-state index is -1.49. The number of nitrogens with one attached hydrogen (secondary N) is 1. The SMILES string of the molecule is COc1ccc([C@@H]2c3c(nc(N)[nH]c3=O)O[C@H]2[N+](=O)[O-])cc1OC. The van der Waals surface area contributed by atoms with Crippen LogP contribution in [-0.4, -0.2) is 35.3 Å². The van der Waals surface area contributed by atoms with Gasteiger partial charge in [0, 0.05) is 0 Å². The number of rotatable bonds is 4. The van der Waals surface area contributed by atoms with Crippen molar-refractivity contribution in [3.8, 4) is 17.4 Å². The summed E-state index contributed by atoms with van der Waals surface area (Å²) < 4.78 is 15.6. The van der Waals surface area contributed by atoms with E-state index in [4.69, 9.17) is 19.9 Å². The third-order valence-corrected chi connectivity index (χ3v) is 3.74. The molecule has 0 aliphatic carbocycles. The maximum Gasteiger partial charge on any atom is 0.366 e. The Morgan fingerprint density at radius 1 is 1.33 bits per heavy atom. The number of H-pyrrole nitrogens is 1. The van der Waals surface area contributed by atoms with Gasteiger partial charge in [-0.15, -0.1) is 0 Å². The highest BCUT2D eigenvalue weighted by molar-refractivity contribution is 5.49. The largest absolute Gasteiger partial charge is 0.493 e. The average molecular weight is 334 g/mol. The minimum Gasteiger partial charge on any atom is -0.493 e. The summed E-state index contributed by atoms with van der Waals surface area (Å²) >= 11 is 0. The molecule has 0 saturated carbocycles. The second-order valence-electron chi connectivity index (χ2n) is 5.06. The van der Waals surface area contributed by atoms with Gasteiger partial charge in [-0.05, 0) is 17.7 Å². The summed E-state index contributed by atoms with van der Waals surface area (Å²) in [5, 5.41) is 11.4. The molecule has 126 valence electrons. The van der Waals surface area contributed by atoms with Gasteiger partial charge in [0.2, 0.25) is 11.8 Å². The van der Waals surface area contributed by atoms with Crippen LogP contribution < -0.4 is 25.5 Å². The number of anilines is 1. The van der Waals surface area contributed by atoms with E-state index >= 15 is 0 Å². The first-order valence-electron chi connectivity index (χ1n) is 6.88. The molecule has 1 aromatic carbocycles. The van der Waals surface area contributed by atoms with Crippen molar-refractivity contribution in [3.05, 3.63) is 49.8 Å². The number of ether oxygens (including phenoxy) is 3. The van der Waals surface area contributed by atoms with Gasteiger partial charge in [-0.2, -0.15) is 4.98 Å². The van der Waals surface area contributed by atoms with Crippen LogP contribution in [0.15, 0.2) is 23.0 Å². The van der Waals surface area contributed by atoms with Crippen LogP contribution in [0.25, 0.3) is 0 Å². The predicted octanol–water partition coefficient (Wildman–Crippen LogP) is 0.496. The number of aromatic amines is 1. The van der Waals surface area contributed by atoms with E-state index in [0.717, 1.165) is 0 Å². The molecule has 0 spiro atoms. The summed E-state index contributed by atoms with van der Waals surface area (Å²) in [4.78, 5) is 29.2. The first-order valence-corrected chi connectivity index (χ1v) is 6.88. The van der Waals surface area contributed by atoms with Gasteiger partial charge >= 0.3 is 6.23 Å². The molecule has 2 heterocycles. The van der Waals surface area contributed by atoms with E-state index in [0.29, 0.717) is 17.1 Å². The fraction of sp³-hybridized carbons (Fsp3) is 0.286. The lowest BCUT2D eigenvalue weighted by Gasteiger charge is -2.14. The Morgan fingerprint density at radius 3 is 2.67 bits per heavy atom. The maximum atomic E-state index is 12.2. The highest BCUT2D eigenvalue weighted by Gasteiger charge is 2.47. The molecular formula is C14H14N4O6. The summed E-state index contributed by atoms with van der Waals surface area (Å²) in [6.45, 7) is 0. The predicted molar refractivity (Wildman–Crippen MR) is 82.1 cm³/mol. The smallest absolute Gasteiger partial charge is 0.366 e. The molecule has 10 heteroatoms. The van der Waals surface area contributed by atoms with Crippen molar-refractivity contribution in [2.75, 3.05) is 20.0 Å². The van der Waals surface area contributed by atoms with E-state index in [9.17, 15) is 14.9 Å². The topological polar surface area (TPSA) is 143 Å². The second kappa shape index (κ2) is 5.72. The van der Waals surface area contributed by atoms with Gasteiger partial charge in [-0.1, -0.05) is 6.07 Å². The van der Waals surface area contributed by atoms with E-state index < -0.39 is 22.6 Å². The number of aromatic nitrogens is 2. The molecule has 10 nitrogen and oxygen atoms in total. The van der Waals surface area contributed by atoms with E-state index in [2.05, 4.69) is 9.97 Å². The lowest BCUT2D eigenvalue weighted by molar-refractivity contribution is -0.562. The fourth-order valence-electron chi connectivity index (χ4n) is 2.71. The number of nitro groups is 1. The third-order valence-electron chi connectivity index (χ3n) is 3.74. The van der Waals surface area contributed by atoms with Crippen LogP contribution >= 0.6 is 0 Å². The zero-order chi connectivity index (χ0) is 17.4. The van der Waals surface area contributed by atoms with Crippen molar-refractivity contribution >= 4 is 5.95 Å². The molecule has 0 saturated heterocycles. The quantitative estimate of drug-likeness (QED) is 0.607. The van der Waals surface area contributed by atoms with Gasteiger partial charge in [0.1, 0.15) is 5.92 Å². The molecule has 0 bridgehead atoms. The first-order chi connectivity index (χ1) is 11.5. The standard InChI is InChI=1S/C14H14N4O6/c1-22-7-4-3-6(5-8(7)23-2)9-10-11(19)16-14(15)17-12(10)24-13(9)18(20)21/h3-5,9,13H,1-2H3,(H3,15,16,17,19)/t9-,13-/m1/s1. The average Bonchev–Trinajstić information content (AvgIpc) is 2.94. The lowest BCUT2D eigenvalue weighted by Crippen LogP contribution is -2.30. The van der Waals surface area contributed by atoms with Crippen molar-refractivity contribution in [3.63, 3.8) is 0 Å². The third kappa shape index (κ3) is 2.37. The number of methoxy groups -OCH3 is 2. The molecule has 1 aliphatic heterocycles. The summed E-state index contributed by atoms with van der Waals surface area (Å²) in [7, 11) is 2.92. The van der Waals surface area contributed by atoms with Gasteiger partial charge in [0.05, 0.1) is 24.7 Å². The molecule has 2 aromatic rings. The number of benzene rings is 1. The first kappa shape index (κ1) is 15.6. The molecule has 1 aliphatic rings. The van der Waals surface area contributed by atoms with Crippen molar-refractivity contribution in [2.24, 2.45) is 0 Å². The van der Waals surface area contributed by atoms with Crippen molar-refractivity contribution in [1.82, 2.24) is 9.97 Å². The lowest BCUT2D eigenvalue weighted by atomic mass is 9.92. The molecule has 3 N–H and O–H groups in total. The van der Waals surface area contributed by atoms with Crippen LogP contribution in [0.5, 0.6) is 17.4 Å². The Hall–Kier alpha value is -3.30. The Morgan fingerprint density at radius 2 is 2.04 bits per heavy atom. The Kier molecular flexibility index (Phi) is 3.72. The van der Waals surface area contributed by atoms with Crippen LogP contribution in [0, 0.1) is 10.1 Å². The van der Waals surface area contributed by atoms with E-state index in [1.807, 2.05) is 0 Å². The molecule has 0 radical (unpaired) electrons. The normalized spacial score (nSPS) is 18.6. The Bertz CT molecular complexity index is 865. The van der Waals surface area contributed by atoms with Crippen LogP contribution in [-0.2, 0) is 0 Å². The molecule has 3 rings (SSSR count). The zero-order valence-corrected chi connectivity index (χ0v) is 12.8. The molecule has 2 atom stereocenters. The van der Waals surface area contributed by atoms with E-state index in [1.54, 1.807) is 18.2 Å². The number of hydrogen-bond donors (Lipinski definition) is 2. The highest BCUT2D eigenvalue weighted by Crippen LogP contribution is 2.41. The highest BCUT2D eigenvalue weighted by atomic mass is 16.7. The van der Waals surface area contributed by atoms with Crippen molar-refractivity contribution in [2.45, 2.75) is 12.1 Å². The van der Waals surface area contributed by atoms with Gasteiger partial charge in [-0.3, -0.25) is 19.9 Å². The van der Waals surface area contributed by atoms with Crippen molar-refractivity contribution < 1.29 is 19.1 Å². The Labute approximate surface area is 135 Å². The molecule has 0 fully saturated rings. The number of nitrogen functional groups attached to an aromatic ring is 1. The van der Waals surface area contributed by atoms with Crippen LogP contribution in [0.4, 0.5) is 5.95 Å². The van der Waals surface area contributed by atoms with E-state index in [-0.39, 0.29) is 17.4 Å². The summed E-state index contributed by atoms with van der Waals surface area (Å²) in [6.07, 6.45) is -1.49. The zero-order valence-electron chi connectivity index (χ0n) is 12.8. The number of fused-ring (bicyclic) bond motifs is 1. The van der Waals surface area contributed by atoms with E-state index in [1.165, 1.54) is 14.2 Å². The molecule has 0 amide bonds. The minimum absolute atomic E-state index is 0.0538. The number of nitrogens with two attached hydrogens (primary N) is 1. The fourth-order valence-corrected chi connectivity index (χ4v) is 2.71. The number of nitrogens with zero attached hydrogens (tertiary/aromatic N) is 2. The maximum absolute atomic E-state index is 12.2. The van der Waals surface area contributed by atoms with Gasteiger partial charge in [-0.25, -0.2) is 0 Å². The van der Waals surface area contributed by atoms with Crippen LogP contribution in [0.1, 0.15) is 17.0 Å². The second-order valence-corrected chi connectivity index (χ2v) is 5.06. The number of hydrogen-bond acceptors (Lipinski definition) is 8. The Balaban J connectivity index is 2.18.